The molecule has 2 aliphatic heterocycles. The van der Waals surface area contributed by atoms with E-state index in [9.17, 15) is 34.8 Å². The molecule has 2 heterocycles. The first kappa shape index (κ1) is 47.5. The summed E-state index contributed by atoms with van der Waals surface area (Å²) < 4.78 is 33.9. The van der Waals surface area contributed by atoms with Crippen molar-refractivity contribution in [2.45, 2.75) is 186 Å². The van der Waals surface area contributed by atoms with Gasteiger partial charge in [-0.15, -0.1) is 0 Å². The molecule has 1 aromatic carbocycles. The zero-order chi connectivity index (χ0) is 40.2. The number of carboxylic acids is 1. The van der Waals surface area contributed by atoms with Crippen LogP contribution in [0.3, 0.4) is 0 Å². The van der Waals surface area contributed by atoms with Crippen LogP contribution in [0.25, 0.3) is 0 Å². The minimum absolute atomic E-state index is 0.0110. The number of ether oxygens (including phenoxy) is 6. The first-order valence-corrected chi connectivity index (χ1v) is 19.6. The van der Waals surface area contributed by atoms with Crippen LogP contribution in [-0.4, -0.2) is 118 Å². The van der Waals surface area contributed by atoms with Crippen LogP contribution in [0.5, 0.6) is 0 Å². The van der Waals surface area contributed by atoms with E-state index in [1.165, 1.54) is 0 Å². The van der Waals surface area contributed by atoms with E-state index in [4.69, 9.17) is 33.5 Å². The van der Waals surface area contributed by atoms with Gasteiger partial charge in [-0.05, 0) is 84.8 Å². The third-order valence-electron chi connectivity index (χ3n) is 9.66. The number of carbonyl (C=O) groups is 3. The Hall–Kier alpha value is -2.69. The Bertz CT molecular complexity index is 1200. The summed E-state index contributed by atoms with van der Waals surface area (Å²) in [5.74, 6) is -1.49. The fourth-order valence-electron chi connectivity index (χ4n) is 6.21. The van der Waals surface area contributed by atoms with Crippen LogP contribution in [0.1, 0.15) is 129 Å². The lowest BCUT2D eigenvalue weighted by atomic mass is 9.95. The van der Waals surface area contributed by atoms with Crippen molar-refractivity contribution in [3.8, 4) is 0 Å². The topological polar surface area (TPSA) is 208 Å². The van der Waals surface area contributed by atoms with Crippen molar-refractivity contribution in [3.63, 3.8) is 0 Å². The van der Waals surface area contributed by atoms with Crippen LogP contribution in [0, 0.1) is 5.92 Å². The molecule has 0 spiro atoms. The van der Waals surface area contributed by atoms with Gasteiger partial charge in [0.15, 0.2) is 18.7 Å². The normalized spacial score (nSPS) is 27.7. The van der Waals surface area contributed by atoms with Crippen LogP contribution in [0.4, 0.5) is 0 Å². The highest BCUT2D eigenvalue weighted by Gasteiger charge is 2.38. The SMILES string of the molecule is CC1O[C@@H](O[C@@H](C)CCCC[C@@H](O)CC(=O)O)C(O)C[C@H]1O.CCOC(=O)C[C@H](O)CCCC[C@H](C)O[C@@H]1OC(C)[C@H](C)CC1OC(=O)c1ccccc1. The van der Waals surface area contributed by atoms with Crippen LogP contribution in [-0.2, 0) is 38.0 Å². The van der Waals surface area contributed by atoms with Gasteiger partial charge < -0.3 is 54.0 Å². The molecule has 4 unspecified atom stereocenters. The Kier molecular flexibility index (Phi) is 22.4. The number of hydrogen-bond donors (Lipinski definition) is 5. The molecule has 5 N–H and O–H groups in total. The molecule has 14 heteroatoms. The number of benzene rings is 1. The van der Waals surface area contributed by atoms with Crippen molar-refractivity contribution < 1.29 is 68.3 Å². The zero-order valence-electron chi connectivity index (χ0n) is 32.9. The lowest BCUT2D eigenvalue weighted by molar-refractivity contribution is -0.273. The Labute approximate surface area is 320 Å². The minimum Gasteiger partial charge on any atom is -0.481 e. The second-order valence-electron chi connectivity index (χ2n) is 14.7. The molecule has 0 amide bonds. The number of esters is 2. The van der Waals surface area contributed by atoms with E-state index in [1.54, 1.807) is 38.1 Å². The number of rotatable bonds is 21. The van der Waals surface area contributed by atoms with Crippen molar-refractivity contribution in [1.29, 1.82) is 0 Å². The van der Waals surface area contributed by atoms with Crippen molar-refractivity contribution in [2.24, 2.45) is 5.92 Å². The third-order valence-corrected chi connectivity index (χ3v) is 9.66. The van der Waals surface area contributed by atoms with Gasteiger partial charge in [0.25, 0.3) is 0 Å². The quantitative estimate of drug-likeness (QED) is 0.0832. The Balaban J connectivity index is 0.000000401. The number of unbranched alkanes of at least 4 members (excludes halogenated alkanes) is 2. The van der Waals surface area contributed by atoms with Crippen LogP contribution < -0.4 is 0 Å². The van der Waals surface area contributed by atoms with Gasteiger partial charge in [0.2, 0.25) is 0 Å². The number of hydrogen-bond acceptors (Lipinski definition) is 13. The van der Waals surface area contributed by atoms with Crippen LogP contribution in [0.15, 0.2) is 30.3 Å². The molecule has 3 rings (SSSR count). The number of aliphatic hydroxyl groups excluding tert-OH is 4. The summed E-state index contributed by atoms with van der Waals surface area (Å²) in [5.41, 5.74) is 0.506. The highest BCUT2D eigenvalue weighted by atomic mass is 16.7. The predicted octanol–water partition coefficient (Wildman–Crippen LogP) is 4.91. The lowest BCUT2D eigenvalue weighted by Crippen LogP contribution is -2.48. The van der Waals surface area contributed by atoms with Gasteiger partial charge in [0, 0.05) is 6.42 Å². The second-order valence-corrected chi connectivity index (χ2v) is 14.7. The molecule has 0 radical (unpaired) electrons. The Morgan fingerprint density at radius 1 is 0.759 bits per heavy atom. The fraction of sp³-hybridized carbons (Fsp3) is 0.775. The molecule has 2 aliphatic rings. The van der Waals surface area contributed by atoms with E-state index in [1.807, 2.05) is 26.8 Å². The molecule has 2 saturated heterocycles. The molecule has 0 bridgehead atoms. The van der Waals surface area contributed by atoms with E-state index in [-0.39, 0.29) is 61.5 Å². The van der Waals surface area contributed by atoms with Crippen molar-refractivity contribution in [1.82, 2.24) is 0 Å². The third kappa shape index (κ3) is 18.8. The van der Waals surface area contributed by atoms with E-state index in [0.717, 1.165) is 32.1 Å². The van der Waals surface area contributed by atoms with Gasteiger partial charge in [-0.3, -0.25) is 9.59 Å². The Morgan fingerprint density at radius 2 is 1.30 bits per heavy atom. The van der Waals surface area contributed by atoms with Gasteiger partial charge in [0.05, 0.1) is 67.7 Å². The maximum absolute atomic E-state index is 12.5. The smallest absolute Gasteiger partial charge is 0.338 e. The Morgan fingerprint density at radius 3 is 1.87 bits per heavy atom. The first-order valence-electron chi connectivity index (χ1n) is 19.6. The summed E-state index contributed by atoms with van der Waals surface area (Å²) in [6.07, 6.45) is 0.919. The molecule has 2 fully saturated rings. The molecule has 54 heavy (non-hydrogen) atoms. The van der Waals surface area contributed by atoms with Crippen molar-refractivity contribution in [3.05, 3.63) is 35.9 Å². The maximum atomic E-state index is 12.5. The summed E-state index contributed by atoms with van der Waals surface area (Å²) in [6, 6.07) is 8.92. The van der Waals surface area contributed by atoms with E-state index >= 15 is 0 Å². The molecule has 12 atom stereocenters. The standard InChI is InChI=1S/C25H38O7.C15H28O7/c1-5-29-23(27)16-21(26)14-10-9-11-18(3)30-25-22(15-17(2)19(4)31-25)32-24(28)20-12-7-6-8-13-20;1-9(5-3-4-6-11(16)7-14(19)20)21-15-13(18)8-12(17)10(2)22-15/h6-8,12-13,17-19,21-22,25-26H,5,9-11,14-16H2,1-4H3;9-13,15-18H,3-8H2,1-2H3,(H,19,20)/t17-,18+,19?,21-,22?,25-;9-,10?,11+,12+,13?,15+/m10/s1. The molecule has 0 aromatic heterocycles. The average Bonchev–Trinajstić information content (AvgIpc) is 3.10. The molecule has 0 aliphatic carbocycles. The number of carbonyl (C=O) groups excluding carboxylic acids is 2. The molecular weight excluding hydrogens is 704 g/mol. The molecule has 310 valence electrons. The number of carboxylic acid groups (broad SMARTS) is 1. The van der Waals surface area contributed by atoms with E-state index < -0.39 is 49.1 Å². The van der Waals surface area contributed by atoms with Gasteiger partial charge in [-0.1, -0.05) is 50.8 Å². The average molecular weight is 771 g/mol. The van der Waals surface area contributed by atoms with Gasteiger partial charge in [-0.25, -0.2) is 4.79 Å². The summed E-state index contributed by atoms with van der Waals surface area (Å²) in [6.45, 7) is 11.7. The van der Waals surface area contributed by atoms with Crippen molar-refractivity contribution in [2.75, 3.05) is 6.61 Å². The largest absolute Gasteiger partial charge is 0.481 e. The van der Waals surface area contributed by atoms with E-state index in [0.29, 0.717) is 37.9 Å². The summed E-state index contributed by atoms with van der Waals surface area (Å²) in [7, 11) is 0. The minimum atomic E-state index is -0.996. The summed E-state index contributed by atoms with van der Waals surface area (Å²) >= 11 is 0. The van der Waals surface area contributed by atoms with Crippen LogP contribution >= 0.6 is 0 Å². The maximum Gasteiger partial charge on any atom is 0.338 e. The number of aliphatic hydroxyl groups is 4. The van der Waals surface area contributed by atoms with Crippen LogP contribution in [0.2, 0.25) is 0 Å². The summed E-state index contributed by atoms with van der Waals surface area (Å²) in [5, 5.41) is 47.3. The molecular formula is C40H66O14. The van der Waals surface area contributed by atoms with Gasteiger partial charge in [-0.2, -0.15) is 0 Å². The van der Waals surface area contributed by atoms with E-state index in [2.05, 4.69) is 6.92 Å². The van der Waals surface area contributed by atoms with Gasteiger partial charge in [0.1, 0.15) is 6.10 Å². The molecule has 1 aromatic rings. The van der Waals surface area contributed by atoms with Gasteiger partial charge >= 0.3 is 17.9 Å². The molecule has 14 nitrogen and oxygen atoms in total. The lowest BCUT2D eigenvalue weighted by Gasteiger charge is -2.39. The first-order chi connectivity index (χ1) is 25.6. The monoisotopic (exact) mass is 770 g/mol. The van der Waals surface area contributed by atoms with Crippen molar-refractivity contribution >= 4 is 17.9 Å². The summed E-state index contributed by atoms with van der Waals surface area (Å²) in [4.78, 5) is 34.4. The highest BCUT2D eigenvalue weighted by Crippen LogP contribution is 2.30. The predicted molar refractivity (Wildman–Crippen MR) is 198 cm³/mol. The second kappa shape index (κ2) is 25.5. The zero-order valence-corrected chi connectivity index (χ0v) is 32.9. The highest BCUT2D eigenvalue weighted by molar-refractivity contribution is 5.89. The number of aliphatic carboxylic acids is 1. The molecule has 0 saturated carbocycles. The fourth-order valence-corrected chi connectivity index (χ4v) is 6.21.